The Balaban J connectivity index is 1.99. The molecule has 0 aromatic carbocycles. The third-order valence-corrected chi connectivity index (χ3v) is 4.05. The van der Waals surface area contributed by atoms with E-state index in [1.807, 2.05) is 0 Å². The highest BCUT2D eigenvalue weighted by Crippen LogP contribution is 2.51. The van der Waals surface area contributed by atoms with Crippen LogP contribution in [-0.4, -0.2) is 23.9 Å². The summed E-state index contributed by atoms with van der Waals surface area (Å²) in [6.45, 7) is 1.74. The lowest BCUT2D eigenvalue weighted by atomic mass is 9.64. The highest BCUT2D eigenvalue weighted by molar-refractivity contribution is 6.08. The van der Waals surface area contributed by atoms with E-state index < -0.39 is 35.2 Å². The van der Waals surface area contributed by atoms with Crippen molar-refractivity contribution in [1.29, 1.82) is 0 Å². The molecule has 0 aromatic heterocycles. The maximum atomic E-state index is 11.7. The number of carbonyl (C=O) groups excluding carboxylic acids is 4. The Hall–Kier alpha value is -1.98. The van der Waals surface area contributed by atoms with Gasteiger partial charge in [0.15, 0.2) is 0 Å². The number of cyclic esters (lactones) is 4. The molecule has 1 atom stereocenters. The first-order chi connectivity index (χ1) is 8.90. The first kappa shape index (κ1) is 12.1. The molecule has 2 fully saturated rings. The fourth-order valence-electron chi connectivity index (χ4n) is 3.44. The second-order valence-electron chi connectivity index (χ2n) is 5.54. The molecule has 19 heavy (non-hydrogen) atoms. The zero-order chi connectivity index (χ0) is 13.8. The normalized spacial score (nSPS) is 29.4. The van der Waals surface area contributed by atoms with E-state index in [4.69, 9.17) is 0 Å². The maximum absolute atomic E-state index is 11.7. The van der Waals surface area contributed by atoms with Gasteiger partial charge in [-0.3, -0.25) is 14.4 Å². The lowest BCUT2D eigenvalue weighted by Crippen LogP contribution is -2.40. The Bertz CT molecular complexity index is 539. The van der Waals surface area contributed by atoms with Gasteiger partial charge in [-0.25, -0.2) is 4.79 Å². The van der Waals surface area contributed by atoms with E-state index in [1.54, 1.807) is 6.92 Å². The Labute approximate surface area is 108 Å². The molecule has 3 aliphatic rings. The van der Waals surface area contributed by atoms with Gasteiger partial charge in [0.2, 0.25) is 0 Å². The molecule has 2 saturated heterocycles. The van der Waals surface area contributed by atoms with E-state index in [0.29, 0.717) is 18.4 Å². The van der Waals surface area contributed by atoms with Crippen LogP contribution in [0.15, 0.2) is 11.1 Å². The molecule has 0 saturated carbocycles. The van der Waals surface area contributed by atoms with Crippen molar-refractivity contribution in [2.24, 2.45) is 11.3 Å². The molecule has 0 aromatic rings. The summed E-state index contributed by atoms with van der Waals surface area (Å²) in [6, 6.07) is 0. The van der Waals surface area contributed by atoms with Gasteiger partial charge in [0.25, 0.3) is 0 Å². The Morgan fingerprint density at radius 1 is 1.00 bits per heavy atom. The highest BCUT2D eigenvalue weighted by Gasteiger charge is 2.52. The van der Waals surface area contributed by atoms with E-state index in [0.717, 1.165) is 5.57 Å². The first-order valence-corrected chi connectivity index (χ1v) is 6.09. The van der Waals surface area contributed by atoms with Gasteiger partial charge in [-0.2, -0.15) is 0 Å². The van der Waals surface area contributed by atoms with Crippen molar-refractivity contribution in [3.05, 3.63) is 11.1 Å². The molecule has 100 valence electrons. The topological polar surface area (TPSA) is 86.7 Å². The van der Waals surface area contributed by atoms with Crippen LogP contribution in [0.25, 0.3) is 0 Å². The molecule has 0 bridgehead atoms. The number of allylic oxidation sites excluding steroid dienone is 1. The van der Waals surface area contributed by atoms with E-state index >= 15 is 0 Å². The van der Waals surface area contributed by atoms with Gasteiger partial charge >= 0.3 is 23.9 Å². The molecule has 0 amide bonds. The molecule has 3 rings (SSSR count). The summed E-state index contributed by atoms with van der Waals surface area (Å²) in [5.41, 5.74) is 0.533. The molecule has 2 heterocycles. The van der Waals surface area contributed by atoms with Gasteiger partial charge in [-0.15, -0.1) is 0 Å². The number of ether oxygens (including phenoxy) is 2. The molecule has 6 heteroatoms. The number of rotatable bonds is 0. The number of fused-ring (bicyclic) bond motifs is 1. The first-order valence-electron chi connectivity index (χ1n) is 6.09. The molecular weight excluding hydrogens is 252 g/mol. The average molecular weight is 264 g/mol. The van der Waals surface area contributed by atoms with Crippen LogP contribution in [0.4, 0.5) is 0 Å². The second kappa shape index (κ2) is 3.76. The van der Waals surface area contributed by atoms with Crippen LogP contribution in [0.5, 0.6) is 0 Å². The van der Waals surface area contributed by atoms with Crippen LogP contribution in [0.3, 0.4) is 0 Å². The minimum Gasteiger partial charge on any atom is -0.393 e. The Morgan fingerprint density at radius 3 is 2.26 bits per heavy atom. The van der Waals surface area contributed by atoms with Gasteiger partial charge in [-0.05, 0) is 25.2 Å². The highest BCUT2D eigenvalue weighted by atomic mass is 16.6. The standard InChI is InChI=1S/C13H12O6/c1-6-2-13(4-8(14)18-9(15)5-13)3-7-10(6)12(17)19-11(7)16/h7H,2-5H2,1H3. The van der Waals surface area contributed by atoms with E-state index in [1.165, 1.54) is 0 Å². The summed E-state index contributed by atoms with van der Waals surface area (Å²) in [4.78, 5) is 46.1. The minimum absolute atomic E-state index is 0.0985. The van der Waals surface area contributed by atoms with Crippen LogP contribution in [-0.2, 0) is 28.7 Å². The van der Waals surface area contributed by atoms with Gasteiger partial charge in [0, 0.05) is 0 Å². The number of hydrogen-bond acceptors (Lipinski definition) is 6. The van der Waals surface area contributed by atoms with Crippen molar-refractivity contribution in [2.75, 3.05) is 0 Å². The van der Waals surface area contributed by atoms with Gasteiger partial charge < -0.3 is 9.47 Å². The molecule has 1 unspecified atom stereocenters. The molecule has 0 radical (unpaired) electrons. The summed E-state index contributed by atoms with van der Waals surface area (Å²) >= 11 is 0. The third-order valence-electron chi connectivity index (χ3n) is 4.05. The molecule has 2 aliphatic heterocycles. The average Bonchev–Trinajstić information content (AvgIpc) is 2.51. The predicted molar refractivity (Wildman–Crippen MR) is 59.3 cm³/mol. The summed E-state index contributed by atoms with van der Waals surface area (Å²) in [7, 11) is 0. The molecule has 0 N–H and O–H groups in total. The summed E-state index contributed by atoms with van der Waals surface area (Å²) in [6.07, 6.45) is 0.940. The largest absolute Gasteiger partial charge is 0.393 e. The molecule has 1 aliphatic carbocycles. The monoisotopic (exact) mass is 264 g/mol. The van der Waals surface area contributed by atoms with E-state index in [9.17, 15) is 19.2 Å². The zero-order valence-electron chi connectivity index (χ0n) is 10.4. The van der Waals surface area contributed by atoms with Gasteiger partial charge in [0.05, 0.1) is 24.3 Å². The fourth-order valence-corrected chi connectivity index (χ4v) is 3.44. The van der Waals surface area contributed by atoms with Crippen LogP contribution >= 0.6 is 0 Å². The van der Waals surface area contributed by atoms with Crippen LogP contribution in [0, 0.1) is 11.3 Å². The Morgan fingerprint density at radius 2 is 1.63 bits per heavy atom. The van der Waals surface area contributed by atoms with Crippen molar-refractivity contribution in [3.8, 4) is 0 Å². The Kier molecular flexibility index (Phi) is 2.39. The van der Waals surface area contributed by atoms with Crippen LogP contribution < -0.4 is 0 Å². The van der Waals surface area contributed by atoms with Crippen molar-refractivity contribution in [1.82, 2.24) is 0 Å². The van der Waals surface area contributed by atoms with Crippen molar-refractivity contribution < 1.29 is 28.7 Å². The van der Waals surface area contributed by atoms with E-state index in [-0.39, 0.29) is 12.8 Å². The SMILES string of the molecule is CC1=C2C(=O)OC(=O)C2CC2(CC(=O)OC(=O)C2)C1. The maximum Gasteiger partial charge on any atom is 0.342 e. The predicted octanol–water partition coefficient (Wildman–Crippen LogP) is 0.646. The van der Waals surface area contributed by atoms with E-state index in [2.05, 4.69) is 9.47 Å². The zero-order valence-corrected chi connectivity index (χ0v) is 10.4. The smallest absolute Gasteiger partial charge is 0.342 e. The summed E-state index contributed by atoms with van der Waals surface area (Å²) in [5.74, 6) is -2.94. The number of esters is 4. The molecular formula is C13H12O6. The fraction of sp³-hybridized carbons (Fsp3) is 0.538. The summed E-state index contributed by atoms with van der Waals surface area (Å²) in [5, 5.41) is 0. The van der Waals surface area contributed by atoms with Crippen molar-refractivity contribution in [3.63, 3.8) is 0 Å². The lowest BCUT2D eigenvalue weighted by molar-refractivity contribution is -0.171. The van der Waals surface area contributed by atoms with Gasteiger partial charge in [0.1, 0.15) is 0 Å². The number of carbonyl (C=O) groups is 4. The van der Waals surface area contributed by atoms with Gasteiger partial charge in [-0.1, -0.05) is 5.57 Å². The quantitative estimate of drug-likeness (QED) is 0.471. The third kappa shape index (κ3) is 1.78. The number of hydrogen-bond donors (Lipinski definition) is 0. The second-order valence-corrected chi connectivity index (χ2v) is 5.54. The van der Waals surface area contributed by atoms with Crippen LogP contribution in [0.2, 0.25) is 0 Å². The summed E-state index contributed by atoms with van der Waals surface area (Å²) < 4.78 is 9.16. The van der Waals surface area contributed by atoms with Crippen LogP contribution in [0.1, 0.15) is 32.6 Å². The lowest BCUT2D eigenvalue weighted by Gasteiger charge is -2.39. The van der Waals surface area contributed by atoms with Crippen molar-refractivity contribution in [2.45, 2.75) is 32.6 Å². The van der Waals surface area contributed by atoms with Crippen molar-refractivity contribution >= 4 is 23.9 Å². The molecule has 1 spiro atoms. The minimum atomic E-state index is -0.639. The molecule has 6 nitrogen and oxygen atoms in total.